The van der Waals surface area contributed by atoms with E-state index in [4.69, 9.17) is 31.5 Å². The number of hydrogen-bond acceptors (Lipinski definition) is 5. The summed E-state index contributed by atoms with van der Waals surface area (Å²) in [6.07, 6.45) is 0. The van der Waals surface area contributed by atoms with Crippen LogP contribution in [0.25, 0.3) is 0 Å². The van der Waals surface area contributed by atoms with E-state index in [1.165, 1.54) is 4.90 Å². The third-order valence-corrected chi connectivity index (χ3v) is 3.64. The molecule has 1 unspecified atom stereocenters. The van der Waals surface area contributed by atoms with E-state index in [9.17, 15) is 4.79 Å². The Hall–Kier alpha value is -1.99. The van der Waals surface area contributed by atoms with Gasteiger partial charge in [0.2, 0.25) is 6.79 Å². The first-order valence-corrected chi connectivity index (χ1v) is 6.72. The van der Waals surface area contributed by atoms with Gasteiger partial charge in [-0.1, -0.05) is 11.6 Å². The normalized spacial score (nSPS) is 20.1. The number of nitrogens with zero attached hydrogens (tertiary/aromatic N) is 2. The SMILES string of the molecule is COCCN1C(=O)N=C(N)C1c1cc(Cl)c2c(c1)OCO2. The van der Waals surface area contributed by atoms with Crippen molar-refractivity contribution in [3.63, 3.8) is 0 Å². The summed E-state index contributed by atoms with van der Waals surface area (Å²) in [5.41, 5.74) is 6.62. The molecule has 1 atom stereocenters. The molecule has 3 rings (SSSR count). The van der Waals surface area contributed by atoms with Crippen LogP contribution in [0.5, 0.6) is 11.5 Å². The second-order valence-electron chi connectivity index (χ2n) is 4.64. The molecule has 0 fully saturated rings. The van der Waals surface area contributed by atoms with Gasteiger partial charge in [0.05, 0.1) is 11.6 Å². The van der Waals surface area contributed by atoms with Crippen molar-refractivity contribution < 1.29 is 19.0 Å². The highest BCUT2D eigenvalue weighted by Crippen LogP contribution is 2.42. The number of amidine groups is 1. The van der Waals surface area contributed by atoms with Gasteiger partial charge >= 0.3 is 6.03 Å². The van der Waals surface area contributed by atoms with Gasteiger partial charge in [-0.2, -0.15) is 4.99 Å². The minimum atomic E-state index is -0.473. The fraction of sp³-hybridized carbons (Fsp3) is 0.385. The van der Waals surface area contributed by atoms with E-state index in [0.717, 1.165) is 5.56 Å². The molecule has 1 aromatic carbocycles. The van der Waals surface area contributed by atoms with Crippen molar-refractivity contribution >= 4 is 23.5 Å². The van der Waals surface area contributed by atoms with Crippen LogP contribution in [0.3, 0.4) is 0 Å². The van der Waals surface area contributed by atoms with E-state index in [0.29, 0.717) is 29.7 Å². The molecule has 0 radical (unpaired) electrons. The molecule has 0 bridgehead atoms. The maximum Gasteiger partial charge on any atom is 0.346 e. The zero-order valence-electron chi connectivity index (χ0n) is 11.3. The average Bonchev–Trinajstić information content (AvgIpc) is 3.01. The number of urea groups is 1. The van der Waals surface area contributed by atoms with Crippen LogP contribution in [0, 0.1) is 0 Å². The van der Waals surface area contributed by atoms with Crippen molar-refractivity contribution in [2.45, 2.75) is 6.04 Å². The van der Waals surface area contributed by atoms with Crippen molar-refractivity contribution in [3.05, 3.63) is 22.7 Å². The summed E-state index contributed by atoms with van der Waals surface area (Å²) in [5.74, 6) is 1.27. The maximum atomic E-state index is 11.9. The zero-order chi connectivity index (χ0) is 15.0. The Morgan fingerprint density at radius 3 is 3.10 bits per heavy atom. The van der Waals surface area contributed by atoms with Gasteiger partial charge in [-0.3, -0.25) is 0 Å². The number of carbonyl (C=O) groups is 1. The summed E-state index contributed by atoms with van der Waals surface area (Å²) < 4.78 is 15.6. The third-order valence-electron chi connectivity index (χ3n) is 3.36. The predicted molar refractivity (Wildman–Crippen MR) is 75.9 cm³/mol. The summed E-state index contributed by atoms with van der Waals surface area (Å²) in [4.78, 5) is 17.3. The number of halogens is 1. The molecule has 0 aliphatic carbocycles. The number of aliphatic imine (C=N–C) groups is 1. The molecule has 2 amide bonds. The Morgan fingerprint density at radius 2 is 2.33 bits per heavy atom. The van der Waals surface area contributed by atoms with Gasteiger partial charge in [0.1, 0.15) is 11.9 Å². The largest absolute Gasteiger partial charge is 0.454 e. The Balaban J connectivity index is 1.96. The van der Waals surface area contributed by atoms with Gasteiger partial charge in [0, 0.05) is 13.7 Å². The predicted octanol–water partition coefficient (Wildman–Crippen LogP) is 1.55. The first kappa shape index (κ1) is 14.0. The molecule has 0 saturated carbocycles. The molecule has 2 aliphatic heterocycles. The Kier molecular flexibility index (Phi) is 3.60. The van der Waals surface area contributed by atoms with E-state index >= 15 is 0 Å². The number of rotatable bonds is 4. The van der Waals surface area contributed by atoms with Gasteiger partial charge in [0.25, 0.3) is 0 Å². The van der Waals surface area contributed by atoms with Gasteiger partial charge in [-0.15, -0.1) is 0 Å². The highest BCUT2D eigenvalue weighted by Gasteiger charge is 2.35. The molecule has 0 saturated heterocycles. The van der Waals surface area contributed by atoms with Crippen LogP contribution in [-0.2, 0) is 4.74 Å². The lowest BCUT2D eigenvalue weighted by Gasteiger charge is -2.24. The molecule has 2 heterocycles. The zero-order valence-corrected chi connectivity index (χ0v) is 12.1. The van der Waals surface area contributed by atoms with Crippen molar-refractivity contribution in [1.82, 2.24) is 4.90 Å². The Bertz CT molecular complexity index is 620. The second-order valence-corrected chi connectivity index (χ2v) is 5.05. The summed E-state index contributed by atoms with van der Waals surface area (Å²) in [6.45, 7) is 0.901. The molecule has 1 aromatic rings. The minimum Gasteiger partial charge on any atom is -0.454 e. The highest BCUT2D eigenvalue weighted by molar-refractivity contribution is 6.32. The van der Waals surface area contributed by atoms with E-state index < -0.39 is 6.04 Å². The van der Waals surface area contributed by atoms with Gasteiger partial charge < -0.3 is 24.8 Å². The number of fused-ring (bicyclic) bond motifs is 1. The van der Waals surface area contributed by atoms with Crippen LogP contribution < -0.4 is 15.2 Å². The fourth-order valence-corrected chi connectivity index (χ4v) is 2.69. The van der Waals surface area contributed by atoms with Gasteiger partial charge in [-0.05, 0) is 17.7 Å². The molecular weight excluding hydrogens is 298 g/mol. The van der Waals surface area contributed by atoms with Crippen LogP contribution in [0.1, 0.15) is 11.6 Å². The van der Waals surface area contributed by atoms with E-state index in [2.05, 4.69) is 4.99 Å². The molecule has 2 N–H and O–H groups in total. The summed E-state index contributed by atoms with van der Waals surface area (Å²) in [5, 5.41) is 0.416. The van der Waals surface area contributed by atoms with Crippen LogP contribution >= 0.6 is 11.6 Å². The number of benzene rings is 1. The summed E-state index contributed by atoms with van der Waals surface area (Å²) in [6, 6.07) is 2.61. The van der Waals surface area contributed by atoms with E-state index in [1.807, 2.05) is 0 Å². The highest BCUT2D eigenvalue weighted by atomic mass is 35.5. The molecule has 21 heavy (non-hydrogen) atoms. The van der Waals surface area contributed by atoms with Gasteiger partial charge in [-0.25, -0.2) is 4.79 Å². The number of hydrogen-bond donors (Lipinski definition) is 1. The number of methoxy groups -OCH3 is 1. The minimum absolute atomic E-state index is 0.124. The number of ether oxygens (including phenoxy) is 3. The fourth-order valence-electron chi connectivity index (χ4n) is 2.42. The van der Waals surface area contributed by atoms with Crippen molar-refractivity contribution in [1.29, 1.82) is 0 Å². The molecule has 112 valence electrons. The smallest absolute Gasteiger partial charge is 0.346 e. The lowest BCUT2D eigenvalue weighted by Crippen LogP contribution is -2.35. The van der Waals surface area contributed by atoms with Crippen LogP contribution in [0.4, 0.5) is 4.79 Å². The maximum absolute atomic E-state index is 11.9. The van der Waals surface area contributed by atoms with Crippen molar-refractivity contribution in [2.24, 2.45) is 10.7 Å². The molecule has 0 aromatic heterocycles. The molecule has 0 spiro atoms. The quantitative estimate of drug-likeness (QED) is 0.911. The molecule has 7 nitrogen and oxygen atoms in total. The Morgan fingerprint density at radius 1 is 1.52 bits per heavy atom. The van der Waals surface area contributed by atoms with Gasteiger partial charge in [0.15, 0.2) is 11.5 Å². The van der Waals surface area contributed by atoms with Crippen LogP contribution in [-0.4, -0.2) is 43.8 Å². The standard InChI is InChI=1S/C13H14ClN3O4/c1-19-3-2-17-10(12(15)16-13(17)18)7-4-8(14)11-9(5-7)20-6-21-11/h4-5,10H,2-3,6H2,1H3,(H2,15,16,18). The first-order chi connectivity index (χ1) is 10.1. The van der Waals surface area contributed by atoms with Crippen LogP contribution in [0.15, 0.2) is 17.1 Å². The van der Waals surface area contributed by atoms with E-state index in [1.54, 1.807) is 19.2 Å². The number of amides is 2. The number of carbonyl (C=O) groups excluding carboxylic acids is 1. The lowest BCUT2D eigenvalue weighted by molar-refractivity contribution is 0.150. The molecule has 2 aliphatic rings. The monoisotopic (exact) mass is 311 g/mol. The first-order valence-electron chi connectivity index (χ1n) is 6.34. The lowest BCUT2D eigenvalue weighted by atomic mass is 10.0. The summed E-state index contributed by atoms with van der Waals surface area (Å²) in [7, 11) is 1.57. The van der Waals surface area contributed by atoms with Crippen LogP contribution in [0.2, 0.25) is 5.02 Å². The topological polar surface area (TPSA) is 86.4 Å². The second kappa shape index (κ2) is 5.42. The van der Waals surface area contributed by atoms with Crippen molar-refractivity contribution in [3.8, 4) is 11.5 Å². The van der Waals surface area contributed by atoms with Crippen molar-refractivity contribution in [2.75, 3.05) is 27.1 Å². The van der Waals surface area contributed by atoms with E-state index in [-0.39, 0.29) is 18.7 Å². The average molecular weight is 312 g/mol. The molecule has 8 heteroatoms. The summed E-state index contributed by atoms with van der Waals surface area (Å²) >= 11 is 6.18. The number of nitrogens with two attached hydrogens (primary N) is 1. The molecular formula is C13H14ClN3O4. The third kappa shape index (κ3) is 2.38. The Labute approximate surface area is 126 Å².